The van der Waals surface area contributed by atoms with Crippen molar-refractivity contribution < 1.29 is 0 Å². The number of aromatic nitrogens is 2. The number of hydrogen-bond acceptors (Lipinski definition) is 1. The van der Waals surface area contributed by atoms with Crippen molar-refractivity contribution in [2.45, 2.75) is 123 Å². The van der Waals surface area contributed by atoms with Gasteiger partial charge in [0.05, 0.1) is 11.0 Å². The van der Waals surface area contributed by atoms with E-state index in [0.29, 0.717) is 0 Å². The predicted molar refractivity (Wildman–Crippen MR) is 300 cm³/mol. The molecule has 10 rings (SSSR count). The van der Waals surface area contributed by atoms with Crippen LogP contribution in [0.15, 0.2) is 182 Å². The molecular formula is C68H70N2. The molecule has 0 fully saturated rings. The first-order valence-corrected chi connectivity index (χ1v) is 26.7. The van der Waals surface area contributed by atoms with Crippen LogP contribution in [0.3, 0.4) is 0 Å². The highest BCUT2D eigenvalue weighted by atomic mass is 15.1. The Morgan fingerprint density at radius 2 is 0.886 bits per heavy atom. The van der Waals surface area contributed by atoms with Crippen molar-refractivity contribution in [2.75, 3.05) is 0 Å². The van der Waals surface area contributed by atoms with E-state index in [4.69, 9.17) is 4.98 Å². The third-order valence-corrected chi connectivity index (χ3v) is 15.3. The Labute approximate surface area is 418 Å². The lowest BCUT2D eigenvalue weighted by Gasteiger charge is -2.33. The smallest absolute Gasteiger partial charge is 0.145 e. The van der Waals surface area contributed by atoms with E-state index in [2.05, 4.69) is 214 Å². The normalized spacial score (nSPS) is 12.6. The van der Waals surface area contributed by atoms with Crippen LogP contribution in [-0.2, 0) is 5.41 Å². The van der Waals surface area contributed by atoms with Crippen molar-refractivity contribution in [3.63, 3.8) is 0 Å². The molecule has 0 saturated heterocycles. The van der Waals surface area contributed by atoms with Crippen LogP contribution in [0, 0.1) is 13.8 Å². The molecule has 1 aliphatic rings. The van der Waals surface area contributed by atoms with Gasteiger partial charge in [0.1, 0.15) is 5.82 Å². The van der Waals surface area contributed by atoms with Crippen molar-refractivity contribution in [1.29, 1.82) is 0 Å². The summed E-state index contributed by atoms with van der Waals surface area (Å²) in [5, 5.41) is 0. The number of rotatable bonds is 20. The van der Waals surface area contributed by atoms with Gasteiger partial charge in [0.15, 0.2) is 0 Å². The second kappa shape index (κ2) is 21.5. The first-order chi connectivity index (χ1) is 34.4. The minimum atomic E-state index is -0.0110. The van der Waals surface area contributed by atoms with Crippen LogP contribution < -0.4 is 0 Å². The van der Waals surface area contributed by atoms with E-state index >= 15 is 0 Å². The Morgan fingerprint density at radius 3 is 1.57 bits per heavy atom. The van der Waals surface area contributed by atoms with E-state index in [9.17, 15) is 0 Å². The number of fused-ring (bicyclic) bond motifs is 4. The molecule has 0 atom stereocenters. The summed E-state index contributed by atoms with van der Waals surface area (Å²) >= 11 is 0. The fourth-order valence-electron chi connectivity index (χ4n) is 11.7. The van der Waals surface area contributed by atoms with Crippen molar-refractivity contribution in [2.24, 2.45) is 0 Å². The minimum Gasteiger partial charge on any atom is -0.292 e. The Balaban J connectivity index is 1.14. The molecule has 0 bridgehead atoms. The van der Waals surface area contributed by atoms with Gasteiger partial charge >= 0.3 is 0 Å². The van der Waals surface area contributed by atoms with Gasteiger partial charge in [-0.15, -0.1) is 0 Å². The SMILES string of the molecule is CCCCCCCCC1(CCCCCCCC)c2cc(C)ccc2-c2ccc(-c3cc(-c4cccc(-c5ccccc5-c5cccc(C)c5)c4)cc(-c4nc5ccccc5n4-c4ccccc4)c3)cc21. The van der Waals surface area contributed by atoms with Crippen LogP contribution in [0.4, 0.5) is 0 Å². The van der Waals surface area contributed by atoms with E-state index in [1.54, 1.807) is 5.56 Å². The molecule has 2 nitrogen and oxygen atoms in total. The quantitative estimate of drug-likeness (QED) is 0.0697. The van der Waals surface area contributed by atoms with Crippen LogP contribution in [0.5, 0.6) is 0 Å². The van der Waals surface area contributed by atoms with Gasteiger partial charge in [-0.25, -0.2) is 4.98 Å². The molecule has 8 aromatic carbocycles. The van der Waals surface area contributed by atoms with Gasteiger partial charge in [-0.2, -0.15) is 0 Å². The highest BCUT2D eigenvalue weighted by molar-refractivity contribution is 5.90. The van der Waals surface area contributed by atoms with Gasteiger partial charge in [0.25, 0.3) is 0 Å². The van der Waals surface area contributed by atoms with E-state index in [0.717, 1.165) is 28.1 Å². The molecule has 0 saturated carbocycles. The summed E-state index contributed by atoms with van der Waals surface area (Å²) in [6.07, 6.45) is 18.1. The van der Waals surface area contributed by atoms with E-state index in [1.165, 1.54) is 162 Å². The number of nitrogens with zero attached hydrogens (tertiary/aromatic N) is 2. The molecule has 1 aliphatic carbocycles. The maximum absolute atomic E-state index is 5.45. The molecule has 0 N–H and O–H groups in total. The fourth-order valence-corrected chi connectivity index (χ4v) is 11.7. The summed E-state index contributed by atoms with van der Waals surface area (Å²) < 4.78 is 2.35. The molecule has 0 spiro atoms. The van der Waals surface area contributed by atoms with Crippen molar-refractivity contribution >= 4 is 11.0 Å². The topological polar surface area (TPSA) is 17.8 Å². The van der Waals surface area contributed by atoms with Crippen LogP contribution in [0.1, 0.15) is 126 Å². The first kappa shape index (κ1) is 46.9. The maximum Gasteiger partial charge on any atom is 0.145 e. The lowest BCUT2D eigenvalue weighted by Crippen LogP contribution is -2.25. The lowest BCUT2D eigenvalue weighted by molar-refractivity contribution is 0.398. The molecule has 1 heterocycles. The summed E-state index contributed by atoms with van der Waals surface area (Å²) in [6.45, 7) is 9.12. The largest absolute Gasteiger partial charge is 0.292 e. The highest BCUT2D eigenvalue weighted by Crippen LogP contribution is 2.55. The first-order valence-electron chi connectivity index (χ1n) is 26.7. The Kier molecular flexibility index (Phi) is 14.4. The molecule has 9 aromatic rings. The van der Waals surface area contributed by atoms with Gasteiger partial charge in [-0.3, -0.25) is 4.57 Å². The molecule has 70 heavy (non-hydrogen) atoms. The van der Waals surface area contributed by atoms with Crippen molar-refractivity contribution in [3.8, 4) is 72.7 Å². The third-order valence-electron chi connectivity index (χ3n) is 15.3. The summed E-state index contributed by atoms with van der Waals surface area (Å²) in [7, 11) is 0. The second-order valence-corrected chi connectivity index (χ2v) is 20.3. The molecule has 0 aliphatic heterocycles. The predicted octanol–water partition coefficient (Wildman–Crippen LogP) is 19.7. The summed E-state index contributed by atoms with van der Waals surface area (Å²) in [5.74, 6) is 0.945. The minimum absolute atomic E-state index is 0.0110. The standard InChI is InChI=1S/C68H70N2/c1-5-7-9-11-13-22-40-68(41-23-14-12-10-8-6-2)63-43-50(4)36-38-61(63)62-39-37-52(48-64(62)68)56-45-55(46-57(47-56)67-69-65-34-20-21-35-66(65)70(67)58-30-16-15-17-31-58)51-27-25-29-54(44-51)60-33-19-18-32-59(60)53-28-24-26-49(3)42-53/h15-21,24-39,42-48H,5-14,22-23,40-41H2,1-4H3. The molecule has 0 unspecified atom stereocenters. The van der Waals surface area contributed by atoms with Gasteiger partial charge in [0.2, 0.25) is 0 Å². The average Bonchev–Trinajstić information content (AvgIpc) is 3.92. The van der Waals surface area contributed by atoms with Gasteiger partial charge in [-0.05, 0) is 148 Å². The number of imidazole rings is 1. The van der Waals surface area contributed by atoms with Gasteiger partial charge in [-0.1, -0.05) is 229 Å². The van der Waals surface area contributed by atoms with Crippen LogP contribution in [0.2, 0.25) is 0 Å². The molecule has 352 valence electrons. The molecule has 2 heteroatoms. The van der Waals surface area contributed by atoms with Crippen molar-refractivity contribution in [1.82, 2.24) is 9.55 Å². The zero-order chi connectivity index (χ0) is 47.9. The zero-order valence-electron chi connectivity index (χ0n) is 42.1. The number of para-hydroxylation sites is 3. The molecule has 0 amide bonds. The Bertz CT molecular complexity index is 3210. The van der Waals surface area contributed by atoms with Crippen LogP contribution >= 0.6 is 0 Å². The zero-order valence-corrected chi connectivity index (χ0v) is 42.1. The molecular weight excluding hydrogens is 845 g/mol. The summed E-state index contributed by atoms with van der Waals surface area (Å²) in [6, 6.07) is 68.3. The average molecular weight is 915 g/mol. The molecule has 1 aromatic heterocycles. The number of hydrogen-bond donors (Lipinski definition) is 0. The number of unbranched alkanes of at least 4 members (excludes halogenated alkanes) is 10. The maximum atomic E-state index is 5.45. The van der Waals surface area contributed by atoms with E-state index < -0.39 is 0 Å². The Hall–Kier alpha value is -6.77. The fraction of sp³-hybridized carbons (Fsp3) is 0.279. The second-order valence-electron chi connectivity index (χ2n) is 20.3. The van der Waals surface area contributed by atoms with Gasteiger partial charge < -0.3 is 0 Å². The van der Waals surface area contributed by atoms with Crippen LogP contribution in [-0.4, -0.2) is 9.55 Å². The molecule has 0 radical (unpaired) electrons. The van der Waals surface area contributed by atoms with E-state index in [-0.39, 0.29) is 5.41 Å². The van der Waals surface area contributed by atoms with Gasteiger partial charge in [0, 0.05) is 16.7 Å². The van der Waals surface area contributed by atoms with Crippen LogP contribution in [0.25, 0.3) is 83.7 Å². The number of aryl methyl sites for hydroxylation is 2. The lowest BCUT2D eigenvalue weighted by atomic mass is 9.70. The third kappa shape index (κ3) is 9.71. The monoisotopic (exact) mass is 915 g/mol. The van der Waals surface area contributed by atoms with E-state index in [1.807, 2.05) is 0 Å². The summed E-state index contributed by atoms with van der Waals surface area (Å²) in [4.78, 5) is 5.45. The number of benzene rings is 8. The Morgan fingerprint density at radius 1 is 0.371 bits per heavy atom. The highest BCUT2D eigenvalue weighted by Gasteiger charge is 2.42. The van der Waals surface area contributed by atoms with Crippen molar-refractivity contribution in [3.05, 3.63) is 204 Å². The summed E-state index contributed by atoms with van der Waals surface area (Å²) in [5.41, 5.74) is 22.7.